The number of nitrogens with zero attached hydrogens (tertiary/aromatic N) is 4. The molecule has 31 heteroatoms. The van der Waals surface area contributed by atoms with Gasteiger partial charge in [-0.25, -0.2) is 25.2 Å². The molecule has 25 nitrogen and oxygen atoms in total. The van der Waals surface area contributed by atoms with E-state index in [1.165, 1.54) is 19.2 Å². The highest BCUT2D eigenvalue weighted by atomic mass is 32.3. The van der Waals surface area contributed by atoms with Crippen molar-refractivity contribution in [3.63, 3.8) is 0 Å². The maximum Gasteiger partial charge on any atom is 0.397 e. The van der Waals surface area contributed by atoms with Crippen molar-refractivity contribution in [2.24, 2.45) is 20.5 Å². The van der Waals surface area contributed by atoms with Gasteiger partial charge in [0.1, 0.15) is 38.3 Å². The SMILES string of the molecule is CNc1ccc2c(OC)c(/N=N/c3cc(S(=O)(=O)CCOS(=O)(=O)O)ccc3O)c(S(=O)(=O)O)cc2c1/N=N/c1cc(S(=O)(=O)CCOS(=O)(=O)O)ccc1S(=O)(=O)O. The topological polar surface area (TPSA) is 395 Å². The number of hydrogen-bond donors (Lipinski definition) is 6. The Morgan fingerprint density at radius 3 is 1.56 bits per heavy atom. The van der Waals surface area contributed by atoms with Crippen LogP contribution < -0.4 is 10.1 Å². The molecule has 4 rings (SSSR count). The fourth-order valence-electron chi connectivity index (χ4n) is 4.90. The maximum absolute atomic E-state index is 12.9. The number of ether oxygens (including phenoxy) is 1. The van der Waals surface area contributed by atoms with Crippen molar-refractivity contribution in [2.45, 2.75) is 19.6 Å². The third kappa shape index (κ3) is 11.9. The summed E-state index contributed by atoms with van der Waals surface area (Å²) < 4.78 is 196. The van der Waals surface area contributed by atoms with Crippen LogP contribution in [0, 0.1) is 0 Å². The van der Waals surface area contributed by atoms with Crippen LogP contribution in [0.3, 0.4) is 0 Å². The number of phenolic OH excluding ortho intramolecular Hbond substituents is 1. The second kappa shape index (κ2) is 17.4. The van der Waals surface area contributed by atoms with Crippen LogP contribution in [0.25, 0.3) is 10.8 Å². The zero-order valence-electron chi connectivity index (χ0n) is 29.6. The average Bonchev–Trinajstić information content (AvgIpc) is 3.10. The Kier molecular flexibility index (Phi) is 13.8. The Balaban J connectivity index is 1.91. The van der Waals surface area contributed by atoms with E-state index in [-0.39, 0.29) is 22.1 Å². The summed E-state index contributed by atoms with van der Waals surface area (Å²) >= 11 is 0. The molecule has 6 N–H and O–H groups in total. The monoisotopic (exact) mass is 947 g/mol. The first-order chi connectivity index (χ1) is 27.1. The number of benzene rings is 4. The summed E-state index contributed by atoms with van der Waals surface area (Å²) in [4.78, 5) is -3.22. The number of sulfone groups is 2. The van der Waals surface area contributed by atoms with Crippen LogP contribution in [0.15, 0.2) is 94.6 Å². The molecule has 0 saturated carbocycles. The smallest absolute Gasteiger partial charge is 0.397 e. The van der Waals surface area contributed by atoms with Crippen molar-refractivity contribution in [2.75, 3.05) is 44.2 Å². The van der Waals surface area contributed by atoms with Gasteiger partial charge in [-0.05, 0) is 54.6 Å². The van der Waals surface area contributed by atoms with Gasteiger partial charge in [0, 0.05) is 17.8 Å². The second-order valence-electron chi connectivity index (χ2n) is 11.3. The fourth-order valence-corrected chi connectivity index (χ4v) is 9.16. The van der Waals surface area contributed by atoms with E-state index in [1.54, 1.807) is 0 Å². The normalized spacial score (nSPS) is 13.4. The third-order valence-electron chi connectivity index (χ3n) is 7.49. The van der Waals surface area contributed by atoms with E-state index in [0.29, 0.717) is 12.1 Å². The van der Waals surface area contributed by atoms with Crippen LogP contribution in [0.5, 0.6) is 11.5 Å². The highest BCUT2D eigenvalue weighted by Gasteiger charge is 2.27. The van der Waals surface area contributed by atoms with E-state index in [9.17, 15) is 64.7 Å². The minimum Gasteiger partial charge on any atom is -0.506 e. The molecule has 0 saturated heterocycles. The van der Waals surface area contributed by atoms with Crippen molar-refractivity contribution < 1.29 is 86.9 Å². The number of methoxy groups -OCH3 is 1. The van der Waals surface area contributed by atoms with Gasteiger partial charge in [0.15, 0.2) is 25.4 Å². The summed E-state index contributed by atoms with van der Waals surface area (Å²) in [6, 6.07) is 8.02. The Morgan fingerprint density at radius 1 is 0.576 bits per heavy atom. The Bertz CT molecular complexity index is 3070. The average molecular weight is 948 g/mol. The number of azo groups is 2. The first kappa shape index (κ1) is 46.9. The number of nitrogens with one attached hydrogen (secondary N) is 1. The Labute approximate surface area is 335 Å². The molecule has 0 radical (unpaired) electrons. The quantitative estimate of drug-likeness (QED) is 0.0616. The third-order valence-corrected chi connectivity index (χ3v) is 13.5. The molecule has 0 unspecified atom stereocenters. The van der Waals surface area contributed by atoms with Crippen LogP contribution in [-0.2, 0) is 69.1 Å². The molecular formula is C28H29N5O20S6. The van der Waals surface area contributed by atoms with E-state index >= 15 is 0 Å². The van der Waals surface area contributed by atoms with Gasteiger partial charge in [0.2, 0.25) is 0 Å². The minimum atomic E-state index is -5.31. The van der Waals surface area contributed by atoms with Crippen LogP contribution in [0.2, 0.25) is 0 Å². The number of anilines is 1. The van der Waals surface area contributed by atoms with E-state index in [0.717, 1.165) is 37.4 Å². The van der Waals surface area contributed by atoms with Crippen LogP contribution >= 0.6 is 0 Å². The number of hydrogen-bond acceptors (Lipinski definition) is 21. The molecule has 0 bridgehead atoms. The van der Waals surface area contributed by atoms with Gasteiger partial charge in [-0.2, -0.15) is 33.7 Å². The number of rotatable bonds is 18. The summed E-state index contributed by atoms with van der Waals surface area (Å²) in [7, 11) is -26.9. The first-order valence-electron chi connectivity index (χ1n) is 15.4. The first-order valence-corrected chi connectivity index (χ1v) is 24.3. The largest absolute Gasteiger partial charge is 0.506 e. The van der Waals surface area contributed by atoms with Gasteiger partial charge in [-0.15, -0.1) is 20.5 Å². The molecule has 0 spiro atoms. The van der Waals surface area contributed by atoms with Gasteiger partial charge in [0.05, 0.1) is 47.3 Å². The van der Waals surface area contributed by atoms with Crippen molar-refractivity contribution in [1.29, 1.82) is 0 Å². The number of phenols is 1. The van der Waals surface area contributed by atoms with E-state index in [1.807, 2.05) is 0 Å². The molecule has 0 aliphatic heterocycles. The predicted octanol–water partition coefficient (Wildman–Crippen LogP) is 3.11. The molecule has 0 fully saturated rings. The second-order valence-corrected chi connectivity index (χ2v) is 20.5. The van der Waals surface area contributed by atoms with Gasteiger partial charge >= 0.3 is 20.8 Å². The number of fused-ring (bicyclic) bond motifs is 1. The van der Waals surface area contributed by atoms with Crippen molar-refractivity contribution >= 4 is 99.9 Å². The van der Waals surface area contributed by atoms with Crippen LogP contribution in [-0.4, -0.2) is 113 Å². The molecule has 0 aliphatic carbocycles. The molecule has 0 aromatic heterocycles. The molecule has 4 aromatic rings. The maximum atomic E-state index is 12.9. The molecular weight excluding hydrogens is 919 g/mol. The summed E-state index contributed by atoms with van der Waals surface area (Å²) in [6.45, 7) is -2.04. The zero-order chi connectivity index (χ0) is 44.4. The van der Waals surface area contributed by atoms with E-state index < -0.39 is 134 Å². The fraction of sp³-hybridized carbons (Fsp3) is 0.214. The number of aromatic hydroxyl groups is 1. The van der Waals surface area contributed by atoms with Crippen LogP contribution in [0.4, 0.5) is 28.4 Å². The molecule has 4 aromatic carbocycles. The highest BCUT2D eigenvalue weighted by Crippen LogP contribution is 2.47. The lowest BCUT2D eigenvalue weighted by Gasteiger charge is -2.15. The molecule has 0 heterocycles. The lowest BCUT2D eigenvalue weighted by Crippen LogP contribution is -2.15. The van der Waals surface area contributed by atoms with Crippen molar-refractivity contribution in [3.8, 4) is 11.5 Å². The Morgan fingerprint density at radius 2 is 1.07 bits per heavy atom. The lowest BCUT2D eigenvalue weighted by molar-refractivity contribution is 0.282. The summed E-state index contributed by atoms with van der Waals surface area (Å²) in [6.07, 6.45) is 0. The standard InChI is InChI=1S/C28H29N5O20S6/c1-29-20-6-5-18-19(26(20)32-31-22-14-17(4-8-24(22)56(39,40)41)55(37,38)12-10-53-59(48,49)50)15-25(57(42,43)44)27(28(18)51-2)33-30-21-13-16(3-7-23(21)34)54(35,36)11-9-52-58(45,46)47/h3-8,13-15,29,34H,9-12H2,1-2H3,(H,39,40,41)(H,42,43,44)(H,45,46,47)(H,48,49,50)/b32-31+,33-30+. The van der Waals surface area contributed by atoms with Crippen LogP contribution in [0.1, 0.15) is 0 Å². The van der Waals surface area contributed by atoms with Gasteiger partial charge in [-0.1, -0.05) is 0 Å². The predicted molar refractivity (Wildman–Crippen MR) is 202 cm³/mol. The molecule has 322 valence electrons. The molecule has 0 aliphatic rings. The summed E-state index contributed by atoms with van der Waals surface area (Å²) in [5.41, 5.74) is -2.38. The molecule has 59 heavy (non-hydrogen) atoms. The van der Waals surface area contributed by atoms with E-state index in [4.69, 9.17) is 13.8 Å². The highest BCUT2D eigenvalue weighted by molar-refractivity contribution is 7.92. The van der Waals surface area contributed by atoms with Gasteiger partial charge in [0.25, 0.3) is 20.2 Å². The summed E-state index contributed by atoms with van der Waals surface area (Å²) in [5, 5.41) is 28.2. The van der Waals surface area contributed by atoms with Gasteiger partial charge < -0.3 is 15.2 Å². The molecule has 0 amide bonds. The minimum absolute atomic E-state index is 0.0449. The molecule has 0 atom stereocenters. The van der Waals surface area contributed by atoms with E-state index in [2.05, 4.69) is 34.1 Å². The Hall–Kier alpha value is -4.80. The lowest BCUT2D eigenvalue weighted by atomic mass is 10.0. The van der Waals surface area contributed by atoms with Crippen molar-refractivity contribution in [1.82, 2.24) is 0 Å². The zero-order valence-corrected chi connectivity index (χ0v) is 34.5. The van der Waals surface area contributed by atoms with Gasteiger partial charge in [-0.3, -0.25) is 18.2 Å². The summed E-state index contributed by atoms with van der Waals surface area (Å²) in [5.74, 6) is -3.14. The van der Waals surface area contributed by atoms with Crippen molar-refractivity contribution in [3.05, 3.63) is 54.6 Å².